The summed E-state index contributed by atoms with van der Waals surface area (Å²) in [5.41, 5.74) is 2.91. The van der Waals surface area contributed by atoms with Gasteiger partial charge in [0.05, 0.1) is 15.2 Å². The van der Waals surface area contributed by atoms with Crippen molar-refractivity contribution in [1.29, 1.82) is 0 Å². The molecule has 2 aromatic carbocycles. The van der Waals surface area contributed by atoms with Gasteiger partial charge >= 0.3 is 0 Å². The van der Waals surface area contributed by atoms with Crippen LogP contribution < -0.4 is 15.4 Å². The van der Waals surface area contributed by atoms with E-state index in [2.05, 4.69) is 48.5 Å². The molecule has 2 aromatic heterocycles. The second-order valence-corrected chi connectivity index (χ2v) is 8.11. The summed E-state index contributed by atoms with van der Waals surface area (Å²) in [7, 11) is 1.90. The lowest BCUT2D eigenvalue weighted by molar-refractivity contribution is 1.17. The topological polar surface area (TPSA) is 74.8 Å². The van der Waals surface area contributed by atoms with E-state index in [1.807, 2.05) is 44.3 Å². The van der Waals surface area contributed by atoms with Gasteiger partial charge in [0.1, 0.15) is 18.0 Å². The predicted molar refractivity (Wildman–Crippen MR) is 114 cm³/mol. The van der Waals surface area contributed by atoms with Crippen molar-refractivity contribution in [3.05, 3.63) is 59.9 Å². The van der Waals surface area contributed by atoms with Crippen LogP contribution in [0.1, 0.15) is 5.01 Å². The molecule has 0 aliphatic heterocycles. The van der Waals surface area contributed by atoms with Gasteiger partial charge in [0, 0.05) is 22.3 Å². The number of fused-ring (bicyclic) bond motifs is 1. The molecule has 2 heterocycles. The van der Waals surface area contributed by atoms with Crippen LogP contribution in [-0.2, 0) is 0 Å². The molecule has 0 spiro atoms. The third kappa shape index (κ3) is 4.36. The van der Waals surface area contributed by atoms with E-state index in [9.17, 15) is 0 Å². The second kappa shape index (κ2) is 7.91. The summed E-state index contributed by atoms with van der Waals surface area (Å²) in [6.07, 6.45) is 1.54. The summed E-state index contributed by atoms with van der Waals surface area (Å²) in [5.74, 6) is 1.45. The molecule has 8 heteroatoms. The van der Waals surface area contributed by atoms with Gasteiger partial charge in [0.15, 0.2) is 0 Å². The van der Waals surface area contributed by atoms with Crippen LogP contribution in [0.5, 0.6) is 0 Å². The molecule has 0 saturated carbocycles. The average Bonchev–Trinajstić information content (AvgIpc) is 3.02. The molecule has 27 heavy (non-hydrogen) atoms. The van der Waals surface area contributed by atoms with Crippen molar-refractivity contribution in [2.45, 2.75) is 11.8 Å². The van der Waals surface area contributed by atoms with Crippen molar-refractivity contribution in [3.8, 4) is 0 Å². The number of nitrogens with zero attached hydrogens (tertiary/aromatic N) is 3. The third-order valence-corrected chi connectivity index (χ3v) is 5.41. The van der Waals surface area contributed by atoms with Gasteiger partial charge in [0.2, 0.25) is 0 Å². The molecule has 0 bridgehead atoms. The Labute approximate surface area is 165 Å². The highest BCUT2D eigenvalue weighted by molar-refractivity contribution is 7.97. The van der Waals surface area contributed by atoms with E-state index in [4.69, 9.17) is 0 Å². The monoisotopic (exact) mass is 394 g/mol. The molecule has 3 N–H and O–H groups in total. The van der Waals surface area contributed by atoms with Crippen LogP contribution in [-0.4, -0.2) is 22.0 Å². The molecular weight excluding hydrogens is 376 g/mol. The minimum absolute atomic E-state index is 0.722. The van der Waals surface area contributed by atoms with Crippen LogP contribution in [0, 0.1) is 6.92 Å². The lowest BCUT2D eigenvalue weighted by Crippen LogP contribution is -1.99. The van der Waals surface area contributed by atoms with Crippen LogP contribution in [0.25, 0.3) is 10.2 Å². The van der Waals surface area contributed by atoms with E-state index >= 15 is 0 Å². The van der Waals surface area contributed by atoms with Gasteiger partial charge in [-0.05, 0) is 62.3 Å². The summed E-state index contributed by atoms with van der Waals surface area (Å²) < 4.78 is 4.26. The minimum atomic E-state index is 0.722. The van der Waals surface area contributed by atoms with Gasteiger partial charge in [-0.1, -0.05) is 6.07 Å². The highest BCUT2D eigenvalue weighted by Gasteiger charge is 2.05. The Kier molecular flexibility index (Phi) is 5.19. The van der Waals surface area contributed by atoms with Crippen LogP contribution >= 0.6 is 23.3 Å². The molecule has 136 valence electrons. The van der Waals surface area contributed by atoms with Gasteiger partial charge in [-0.15, -0.1) is 11.3 Å². The number of aromatic nitrogens is 3. The lowest BCUT2D eigenvalue weighted by atomic mass is 10.3. The molecule has 4 rings (SSSR count). The molecule has 0 aliphatic carbocycles. The van der Waals surface area contributed by atoms with Crippen molar-refractivity contribution in [2.75, 3.05) is 17.7 Å². The first kappa shape index (κ1) is 17.7. The van der Waals surface area contributed by atoms with Crippen LogP contribution in [0.4, 0.5) is 23.0 Å². The fourth-order valence-corrected chi connectivity index (χ4v) is 4.04. The Hall–Kier alpha value is -2.68. The zero-order valence-corrected chi connectivity index (χ0v) is 16.5. The van der Waals surface area contributed by atoms with Crippen molar-refractivity contribution in [1.82, 2.24) is 19.7 Å². The van der Waals surface area contributed by atoms with E-state index in [0.717, 1.165) is 38.4 Å². The fraction of sp³-hybridized carbons (Fsp3) is 0.105. The molecule has 4 aromatic rings. The molecule has 0 aliphatic rings. The average molecular weight is 395 g/mol. The predicted octanol–water partition coefficient (Wildman–Crippen LogP) is 5.11. The third-order valence-electron chi connectivity index (χ3n) is 3.76. The van der Waals surface area contributed by atoms with Crippen LogP contribution in [0.3, 0.4) is 0 Å². The maximum absolute atomic E-state index is 4.54. The Morgan fingerprint density at radius 2 is 1.70 bits per heavy atom. The Morgan fingerprint density at radius 1 is 0.926 bits per heavy atom. The molecule has 0 fully saturated rings. The van der Waals surface area contributed by atoms with Gasteiger partial charge in [0.25, 0.3) is 0 Å². The number of hydrogen-bond acceptors (Lipinski definition) is 8. The van der Waals surface area contributed by atoms with Crippen LogP contribution in [0.15, 0.2) is 59.8 Å². The normalized spacial score (nSPS) is 10.9. The molecule has 0 unspecified atom stereocenters. The minimum Gasteiger partial charge on any atom is -0.340 e. The number of anilines is 4. The summed E-state index contributed by atoms with van der Waals surface area (Å²) in [6.45, 7) is 2.02. The molecule has 0 amide bonds. The number of nitrogens with one attached hydrogen (secondary N) is 3. The fourth-order valence-electron chi connectivity index (χ4n) is 2.67. The van der Waals surface area contributed by atoms with E-state index < -0.39 is 0 Å². The van der Waals surface area contributed by atoms with E-state index in [1.54, 1.807) is 29.6 Å². The first-order valence-electron chi connectivity index (χ1n) is 8.36. The summed E-state index contributed by atoms with van der Waals surface area (Å²) in [5, 5.41) is 7.71. The van der Waals surface area contributed by atoms with Gasteiger partial charge in [-0.3, -0.25) is 4.72 Å². The van der Waals surface area contributed by atoms with Crippen molar-refractivity contribution in [2.24, 2.45) is 0 Å². The standard InChI is InChI=1S/C19H18N6S2/c1-12-23-16-9-14(6-7-17(16)26-12)25-19-10-18(21-11-22-19)24-13-4-3-5-15(8-13)27-20-2/h3-11,20H,1-2H3,(H2,21,22,24,25). The molecule has 0 saturated heterocycles. The van der Waals surface area contributed by atoms with Crippen molar-refractivity contribution in [3.63, 3.8) is 0 Å². The Bertz CT molecular complexity index is 1080. The van der Waals surface area contributed by atoms with Crippen LogP contribution in [0.2, 0.25) is 0 Å². The maximum Gasteiger partial charge on any atom is 0.135 e. The Balaban J connectivity index is 1.52. The highest BCUT2D eigenvalue weighted by Crippen LogP contribution is 2.27. The van der Waals surface area contributed by atoms with Crippen molar-refractivity contribution < 1.29 is 0 Å². The largest absolute Gasteiger partial charge is 0.340 e. The molecular formula is C19H18N6S2. The number of thiazole rings is 1. The zero-order chi connectivity index (χ0) is 18.6. The van der Waals surface area contributed by atoms with E-state index in [1.165, 1.54) is 4.70 Å². The lowest BCUT2D eigenvalue weighted by Gasteiger charge is -2.09. The number of rotatable bonds is 6. The Morgan fingerprint density at radius 3 is 2.48 bits per heavy atom. The SMILES string of the molecule is CNSc1cccc(Nc2cc(Nc3ccc4sc(C)nc4c3)ncn2)c1. The first-order valence-corrected chi connectivity index (χ1v) is 10.00. The zero-order valence-electron chi connectivity index (χ0n) is 14.9. The number of aryl methyl sites for hydroxylation is 1. The van der Waals surface area contributed by atoms with E-state index in [-0.39, 0.29) is 0 Å². The summed E-state index contributed by atoms with van der Waals surface area (Å²) >= 11 is 3.26. The molecule has 6 nitrogen and oxygen atoms in total. The quantitative estimate of drug-likeness (QED) is 0.392. The maximum atomic E-state index is 4.54. The van der Waals surface area contributed by atoms with Gasteiger partial charge < -0.3 is 10.6 Å². The molecule has 0 radical (unpaired) electrons. The van der Waals surface area contributed by atoms with E-state index in [0.29, 0.717) is 0 Å². The highest BCUT2D eigenvalue weighted by atomic mass is 32.2. The van der Waals surface area contributed by atoms with Gasteiger partial charge in [-0.25, -0.2) is 15.0 Å². The van der Waals surface area contributed by atoms with Crippen molar-refractivity contribution >= 4 is 56.5 Å². The number of hydrogen-bond donors (Lipinski definition) is 3. The second-order valence-electron chi connectivity index (χ2n) is 5.79. The molecule has 0 atom stereocenters. The number of benzene rings is 2. The summed E-state index contributed by atoms with van der Waals surface area (Å²) in [6, 6.07) is 16.2. The summed E-state index contributed by atoms with van der Waals surface area (Å²) in [4.78, 5) is 14.3. The smallest absolute Gasteiger partial charge is 0.135 e. The first-order chi connectivity index (χ1) is 13.2. The van der Waals surface area contributed by atoms with Gasteiger partial charge in [-0.2, -0.15) is 0 Å².